The number of anilines is 2. The Morgan fingerprint density at radius 1 is 1.44 bits per heavy atom. The second-order valence-corrected chi connectivity index (χ2v) is 5.20. The van der Waals surface area contributed by atoms with Gasteiger partial charge in [-0.3, -0.25) is 5.10 Å². The number of nitrogens with two attached hydrogens (primary N) is 1. The van der Waals surface area contributed by atoms with E-state index in [1.54, 1.807) is 0 Å². The molecule has 1 aromatic heterocycles. The van der Waals surface area contributed by atoms with Crippen LogP contribution in [0.25, 0.3) is 10.9 Å². The molecule has 4 nitrogen and oxygen atoms in total. The molecule has 0 spiro atoms. The Kier molecular flexibility index (Phi) is 2.86. The highest BCUT2D eigenvalue weighted by molar-refractivity contribution is 5.88. The minimum atomic E-state index is 0.849. The van der Waals surface area contributed by atoms with Crippen molar-refractivity contribution >= 4 is 22.3 Å². The van der Waals surface area contributed by atoms with E-state index in [4.69, 9.17) is 5.73 Å². The van der Waals surface area contributed by atoms with Gasteiger partial charge in [-0.25, -0.2) is 0 Å². The third kappa shape index (κ3) is 1.92. The molecule has 3 N–H and O–H groups in total. The van der Waals surface area contributed by atoms with Crippen LogP contribution in [0.2, 0.25) is 0 Å². The molecule has 0 unspecified atom stereocenters. The Bertz CT molecular complexity index is 542. The minimum Gasteiger partial charge on any atom is -0.397 e. The van der Waals surface area contributed by atoms with Crippen molar-refractivity contribution < 1.29 is 0 Å². The van der Waals surface area contributed by atoms with Gasteiger partial charge >= 0.3 is 0 Å². The standard InChI is InChI=1S/C14H20N4/c1-2-18(9-10-4-3-5-10)14-7-13-11(6-12(14)15)8-16-17-13/h6-8,10H,2-5,9,15H2,1H3,(H,16,17). The summed E-state index contributed by atoms with van der Waals surface area (Å²) in [5, 5.41) is 8.15. The topological polar surface area (TPSA) is 57.9 Å². The zero-order valence-corrected chi connectivity index (χ0v) is 10.8. The summed E-state index contributed by atoms with van der Waals surface area (Å²) in [5.74, 6) is 0.849. The number of nitrogens with zero attached hydrogens (tertiary/aromatic N) is 2. The first kappa shape index (κ1) is 11.4. The second-order valence-electron chi connectivity index (χ2n) is 5.20. The molecule has 1 aromatic carbocycles. The lowest BCUT2D eigenvalue weighted by Gasteiger charge is -2.33. The number of aromatic amines is 1. The van der Waals surface area contributed by atoms with E-state index in [9.17, 15) is 0 Å². The summed E-state index contributed by atoms with van der Waals surface area (Å²) in [6.07, 6.45) is 5.93. The van der Waals surface area contributed by atoms with Crippen molar-refractivity contribution in [3.05, 3.63) is 18.3 Å². The fraction of sp³-hybridized carbons (Fsp3) is 0.500. The summed E-state index contributed by atoms with van der Waals surface area (Å²) in [6, 6.07) is 4.14. The monoisotopic (exact) mass is 244 g/mol. The molecule has 4 heteroatoms. The number of nitrogen functional groups attached to an aromatic ring is 1. The van der Waals surface area contributed by atoms with E-state index in [1.165, 1.54) is 19.3 Å². The van der Waals surface area contributed by atoms with Gasteiger partial charge in [0.15, 0.2) is 0 Å². The summed E-state index contributed by atoms with van der Waals surface area (Å²) >= 11 is 0. The Morgan fingerprint density at radius 2 is 2.28 bits per heavy atom. The largest absolute Gasteiger partial charge is 0.397 e. The van der Waals surface area contributed by atoms with Crippen molar-refractivity contribution in [3.8, 4) is 0 Å². The maximum atomic E-state index is 6.17. The average Bonchev–Trinajstić information content (AvgIpc) is 2.74. The van der Waals surface area contributed by atoms with Crippen molar-refractivity contribution in [2.75, 3.05) is 23.7 Å². The van der Waals surface area contributed by atoms with Gasteiger partial charge in [0, 0.05) is 18.5 Å². The molecule has 1 aliphatic rings. The van der Waals surface area contributed by atoms with Crippen molar-refractivity contribution in [2.45, 2.75) is 26.2 Å². The molecule has 3 rings (SSSR count). The molecule has 1 fully saturated rings. The molecule has 0 amide bonds. The van der Waals surface area contributed by atoms with Gasteiger partial charge in [-0.1, -0.05) is 6.42 Å². The molecule has 0 radical (unpaired) electrons. The van der Waals surface area contributed by atoms with Gasteiger partial charge in [0.2, 0.25) is 0 Å². The molecule has 96 valence electrons. The van der Waals surface area contributed by atoms with Gasteiger partial charge in [0.25, 0.3) is 0 Å². The van der Waals surface area contributed by atoms with E-state index in [1.807, 2.05) is 12.3 Å². The van der Waals surface area contributed by atoms with Crippen molar-refractivity contribution in [1.82, 2.24) is 10.2 Å². The minimum absolute atomic E-state index is 0.849. The van der Waals surface area contributed by atoms with Crippen molar-refractivity contribution in [1.29, 1.82) is 0 Å². The number of fused-ring (bicyclic) bond motifs is 1. The van der Waals surface area contributed by atoms with Crippen LogP contribution >= 0.6 is 0 Å². The number of hydrogen-bond acceptors (Lipinski definition) is 3. The predicted octanol–water partition coefficient (Wildman–Crippen LogP) is 2.77. The lowest BCUT2D eigenvalue weighted by atomic mass is 9.85. The molecule has 0 atom stereocenters. The van der Waals surface area contributed by atoms with Crippen LogP contribution < -0.4 is 10.6 Å². The van der Waals surface area contributed by atoms with Gasteiger partial charge in [-0.15, -0.1) is 0 Å². The van der Waals surface area contributed by atoms with Crippen LogP contribution in [-0.4, -0.2) is 23.3 Å². The lowest BCUT2D eigenvalue weighted by molar-refractivity contribution is 0.318. The molecule has 0 saturated heterocycles. The van der Waals surface area contributed by atoms with Crippen molar-refractivity contribution in [3.63, 3.8) is 0 Å². The summed E-state index contributed by atoms with van der Waals surface area (Å²) in [4.78, 5) is 2.39. The molecule has 18 heavy (non-hydrogen) atoms. The molecule has 1 heterocycles. The molecule has 0 bridgehead atoms. The molecule has 0 aliphatic heterocycles. The van der Waals surface area contributed by atoms with Crippen LogP contribution in [0.3, 0.4) is 0 Å². The highest BCUT2D eigenvalue weighted by Crippen LogP contribution is 2.32. The number of hydrogen-bond donors (Lipinski definition) is 2. The summed E-state index contributed by atoms with van der Waals surface area (Å²) < 4.78 is 0. The first-order chi connectivity index (χ1) is 8.78. The van der Waals surface area contributed by atoms with Crippen LogP contribution in [0.1, 0.15) is 26.2 Å². The molecule has 1 saturated carbocycles. The van der Waals surface area contributed by atoms with E-state index in [2.05, 4.69) is 28.1 Å². The second kappa shape index (κ2) is 4.52. The van der Waals surface area contributed by atoms with Crippen LogP contribution in [0.5, 0.6) is 0 Å². The fourth-order valence-electron chi connectivity index (χ4n) is 2.66. The number of nitrogens with one attached hydrogen (secondary N) is 1. The number of benzene rings is 1. The summed E-state index contributed by atoms with van der Waals surface area (Å²) in [5.41, 5.74) is 9.23. The van der Waals surface area contributed by atoms with E-state index in [0.29, 0.717) is 0 Å². The van der Waals surface area contributed by atoms with E-state index in [-0.39, 0.29) is 0 Å². The van der Waals surface area contributed by atoms with E-state index >= 15 is 0 Å². The first-order valence-corrected chi connectivity index (χ1v) is 6.75. The SMILES string of the molecule is CCN(CC1CCC1)c1cc2[nH]ncc2cc1N. The zero-order chi connectivity index (χ0) is 12.5. The molecule has 2 aromatic rings. The maximum absolute atomic E-state index is 6.17. The smallest absolute Gasteiger partial charge is 0.0672 e. The Labute approximate surface area is 107 Å². The first-order valence-electron chi connectivity index (χ1n) is 6.75. The Morgan fingerprint density at radius 3 is 2.94 bits per heavy atom. The van der Waals surface area contributed by atoms with Gasteiger partial charge < -0.3 is 10.6 Å². The number of aromatic nitrogens is 2. The molecule has 1 aliphatic carbocycles. The van der Waals surface area contributed by atoms with E-state index < -0.39 is 0 Å². The van der Waals surface area contributed by atoms with Crippen LogP contribution in [0.4, 0.5) is 11.4 Å². The van der Waals surface area contributed by atoms with Gasteiger partial charge in [0.05, 0.1) is 23.1 Å². The summed E-state index contributed by atoms with van der Waals surface area (Å²) in [7, 11) is 0. The quantitative estimate of drug-likeness (QED) is 0.813. The van der Waals surface area contributed by atoms with Crippen LogP contribution in [-0.2, 0) is 0 Å². The highest BCUT2D eigenvalue weighted by atomic mass is 15.1. The molecular formula is C14H20N4. The molecular weight excluding hydrogens is 224 g/mol. The zero-order valence-electron chi connectivity index (χ0n) is 10.8. The Hall–Kier alpha value is -1.71. The third-order valence-corrected chi connectivity index (χ3v) is 4.01. The fourth-order valence-corrected chi connectivity index (χ4v) is 2.66. The average molecular weight is 244 g/mol. The highest BCUT2D eigenvalue weighted by Gasteiger charge is 2.21. The normalized spacial score (nSPS) is 15.8. The van der Waals surface area contributed by atoms with Gasteiger partial charge in [0.1, 0.15) is 0 Å². The van der Waals surface area contributed by atoms with Crippen LogP contribution in [0, 0.1) is 5.92 Å². The van der Waals surface area contributed by atoms with Crippen LogP contribution in [0.15, 0.2) is 18.3 Å². The van der Waals surface area contributed by atoms with Gasteiger partial charge in [-0.2, -0.15) is 5.10 Å². The lowest BCUT2D eigenvalue weighted by Crippen LogP contribution is -2.32. The van der Waals surface area contributed by atoms with Crippen molar-refractivity contribution in [2.24, 2.45) is 5.92 Å². The predicted molar refractivity (Wildman–Crippen MR) is 75.7 cm³/mol. The third-order valence-electron chi connectivity index (χ3n) is 4.01. The number of H-pyrrole nitrogens is 1. The Balaban J connectivity index is 1.91. The van der Waals surface area contributed by atoms with E-state index in [0.717, 1.165) is 41.3 Å². The summed E-state index contributed by atoms with van der Waals surface area (Å²) in [6.45, 7) is 4.32. The van der Waals surface area contributed by atoms with Gasteiger partial charge in [-0.05, 0) is 37.8 Å². The maximum Gasteiger partial charge on any atom is 0.0672 e. The number of rotatable bonds is 4.